The fourth-order valence-corrected chi connectivity index (χ4v) is 3.48. The third-order valence-corrected chi connectivity index (χ3v) is 5.07. The molecule has 1 atom stereocenters. The summed E-state index contributed by atoms with van der Waals surface area (Å²) < 4.78 is 16.6. The molecule has 7 nitrogen and oxygen atoms in total. The molecule has 2 amide bonds. The minimum Gasteiger partial charge on any atom is -0.492 e. The maximum atomic E-state index is 12.4. The van der Waals surface area contributed by atoms with Crippen molar-refractivity contribution in [1.82, 2.24) is 5.32 Å². The number of carbonyl (C=O) groups is 2. The highest BCUT2D eigenvalue weighted by atomic mass is 35.5. The summed E-state index contributed by atoms with van der Waals surface area (Å²) in [5, 5.41) is 3.47. The number of anilines is 1. The lowest BCUT2D eigenvalue weighted by atomic mass is 10.1. The number of nitrogens with zero attached hydrogens (tertiary/aromatic N) is 1. The van der Waals surface area contributed by atoms with E-state index in [1.165, 1.54) is 0 Å². The summed E-state index contributed by atoms with van der Waals surface area (Å²) in [5.41, 5.74) is 0.709. The summed E-state index contributed by atoms with van der Waals surface area (Å²) in [5.74, 6) is 1.34. The van der Waals surface area contributed by atoms with E-state index in [1.54, 1.807) is 41.3 Å². The fraction of sp³-hybridized carbons (Fsp3) is 0.333. The van der Waals surface area contributed by atoms with Crippen molar-refractivity contribution < 1.29 is 23.8 Å². The summed E-state index contributed by atoms with van der Waals surface area (Å²) in [6, 6.07) is 12.4. The Morgan fingerprint density at radius 3 is 2.69 bits per heavy atom. The van der Waals surface area contributed by atoms with E-state index < -0.39 is 5.92 Å². The van der Waals surface area contributed by atoms with Gasteiger partial charge >= 0.3 is 0 Å². The Labute approximate surface area is 173 Å². The third-order valence-electron chi connectivity index (χ3n) is 4.82. The molecule has 2 aliphatic heterocycles. The molecule has 1 saturated heterocycles. The number of hydrogen-bond donors (Lipinski definition) is 1. The van der Waals surface area contributed by atoms with Gasteiger partial charge in [0.25, 0.3) is 0 Å². The molecule has 2 aliphatic rings. The van der Waals surface area contributed by atoms with E-state index in [2.05, 4.69) is 5.32 Å². The number of halogens is 1. The summed E-state index contributed by atoms with van der Waals surface area (Å²) >= 11 is 5.83. The van der Waals surface area contributed by atoms with Gasteiger partial charge in [-0.1, -0.05) is 11.6 Å². The smallest absolute Gasteiger partial charge is 0.227 e. The molecule has 0 aromatic heterocycles. The number of benzene rings is 2. The van der Waals surface area contributed by atoms with Gasteiger partial charge in [0.05, 0.1) is 12.5 Å². The second kappa shape index (κ2) is 8.61. The van der Waals surface area contributed by atoms with Crippen LogP contribution in [0.15, 0.2) is 42.5 Å². The van der Waals surface area contributed by atoms with Gasteiger partial charge in [-0.05, 0) is 36.4 Å². The molecule has 0 spiro atoms. The molecule has 0 saturated carbocycles. The number of carbonyl (C=O) groups excluding carboxylic acids is 2. The second-order valence-electron chi connectivity index (χ2n) is 6.83. The minimum atomic E-state index is -0.397. The van der Waals surface area contributed by atoms with Crippen LogP contribution in [-0.2, 0) is 9.59 Å². The van der Waals surface area contributed by atoms with Crippen LogP contribution in [0.3, 0.4) is 0 Å². The monoisotopic (exact) mass is 416 g/mol. The number of hydrogen-bond acceptors (Lipinski definition) is 5. The van der Waals surface area contributed by atoms with Crippen LogP contribution < -0.4 is 24.4 Å². The van der Waals surface area contributed by atoms with E-state index in [4.69, 9.17) is 25.8 Å². The average Bonchev–Trinajstić information content (AvgIpc) is 3.14. The Bertz CT molecular complexity index is 902. The first-order chi connectivity index (χ1) is 14.1. The van der Waals surface area contributed by atoms with Gasteiger partial charge in [-0.15, -0.1) is 0 Å². The van der Waals surface area contributed by atoms with Crippen molar-refractivity contribution in [2.75, 3.05) is 37.8 Å². The molecule has 0 bridgehead atoms. The second-order valence-corrected chi connectivity index (χ2v) is 7.26. The van der Waals surface area contributed by atoms with Crippen molar-refractivity contribution in [3.05, 3.63) is 47.5 Å². The van der Waals surface area contributed by atoms with Crippen LogP contribution in [0.4, 0.5) is 5.69 Å². The Balaban J connectivity index is 1.28. The van der Waals surface area contributed by atoms with Crippen molar-refractivity contribution in [3.8, 4) is 17.2 Å². The van der Waals surface area contributed by atoms with Gasteiger partial charge in [-0.25, -0.2) is 0 Å². The molecule has 0 radical (unpaired) electrons. The van der Waals surface area contributed by atoms with E-state index in [0.29, 0.717) is 60.9 Å². The molecule has 1 N–H and O–H groups in total. The lowest BCUT2D eigenvalue weighted by molar-refractivity contribution is -0.126. The zero-order chi connectivity index (χ0) is 20.2. The standard InChI is InChI=1S/C21H21ClN2O5/c22-15-1-4-17(5-2-15)27-8-7-23-21(26)14-11-20(25)24(13-14)16-3-6-18-19(12-16)29-10-9-28-18/h1-6,12,14H,7-11,13H2,(H,23,26)/t14-/m1/s1. The summed E-state index contributed by atoms with van der Waals surface area (Å²) in [6.45, 7) is 2.02. The van der Waals surface area contributed by atoms with E-state index >= 15 is 0 Å². The van der Waals surface area contributed by atoms with Crippen LogP contribution in [0.1, 0.15) is 6.42 Å². The summed E-state index contributed by atoms with van der Waals surface area (Å²) in [4.78, 5) is 26.5. The first-order valence-electron chi connectivity index (χ1n) is 9.46. The van der Waals surface area contributed by atoms with Crippen molar-refractivity contribution in [1.29, 1.82) is 0 Å². The van der Waals surface area contributed by atoms with E-state index in [-0.39, 0.29) is 18.2 Å². The molecule has 0 aliphatic carbocycles. The van der Waals surface area contributed by atoms with E-state index in [9.17, 15) is 9.59 Å². The number of amides is 2. The highest BCUT2D eigenvalue weighted by Crippen LogP contribution is 2.35. The van der Waals surface area contributed by atoms with Crippen molar-refractivity contribution in [3.63, 3.8) is 0 Å². The largest absolute Gasteiger partial charge is 0.492 e. The first kappa shape index (κ1) is 19.4. The van der Waals surface area contributed by atoms with E-state index in [1.807, 2.05) is 6.07 Å². The number of ether oxygens (including phenoxy) is 3. The molecular formula is C21H21ClN2O5. The van der Waals surface area contributed by atoms with Gasteiger partial charge in [0.1, 0.15) is 25.6 Å². The predicted molar refractivity (Wildman–Crippen MR) is 108 cm³/mol. The maximum Gasteiger partial charge on any atom is 0.227 e. The lowest BCUT2D eigenvalue weighted by Crippen LogP contribution is -2.35. The Morgan fingerprint density at radius 1 is 1.14 bits per heavy atom. The topological polar surface area (TPSA) is 77.1 Å². The normalized spacial score (nSPS) is 17.9. The van der Waals surface area contributed by atoms with Crippen LogP contribution in [-0.4, -0.2) is 44.7 Å². The maximum absolute atomic E-state index is 12.4. The minimum absolute atomic E-state index is 0.0840. The van der Waals surface area contributed by atoms with Crippen LogP contribution in [0.5, 0.6) is 17.2 Å². The van der Waals surface area contributed by atoms with Crippen molar-refractivity contribution in [2.24, 2.45) is 5.92 Å². The zero-order valence-corrected chi connectivity index (χ0v) is 16.5. The Kier molecular flexibility index (Phi) is 5.76. The summed E-state index contributed by atoms with van der Waals surface area (Å²) in [7, 11) is 0. The van der Waals surface area contributed by atoms with Crippen LogP contribution in [0, 0.1) is 5.92 Å². The van der Waals surface area contributed by atoms with Crippen LogP contribution in [0.2, 0.25) is 5.02 Å². The first-order valence-corrected chi connectivity index (χ1v) is 9.84. The van der Waals surface area contributed by atoms with E-state index in [0.717, 1.165) is 0 Å². The van der Waals surface area contributed by atoms with Gasteiger partial charge < -0.3 is 24.4 Å². The Hall–Kier alpha value is -2.93. The molecule has 4 rings (SSSR count). The van der Waals surface area contributed by atoms with Gasteiger partial charge in [-0.2, -0.15) is 0 Å². The highest BCUT2D eigenvalue weighted by molar-refractivity contribution is 6.30. The molecule has 8 heteroatoms. The highest BCUT2D eigenvalue weighted by Gasteiger charge is 2.35. The molecule has 0 unspecified atom stereocenters. The molecule has 152 valence electrons. The van der Waals surface area contributed by atoms with Crippen LogP contribution >= 0.6 is 11.6 Å². The molecular weight excluding hydrogens is 396 g/mol. The number of nitrogens with one attached hydrogen (secondary N) is 1. The zero-order valence-electron chi connectivity index (χ0n) is 15.7. The molecule has 29 heavy (non-hydrogen) atoms. The predicted octanol–water partition coefficient (Wildman–Crippen LogP) is 2.66. The lowest BCUT2D eigenvalue weighted by Gasteiger charge is -2.22. The van der Waals surface area contributed by atoms with Gasteiger partial charge in [0, 0.05) is 29.7 Å². The molecule has 1 fully saturated rings. The van der Waals surface area contributed by atoms with Crippen LogP contribution in [0.25, 0.3) is 0 Å². The number of fused-ring (bicyclic) bond motifs is 1. The SMILES string of the molecule is O=C(NCCOc1ccc(Cl)cc1)[C@@H]1CC(=O)N(c2ccc3c(c2)OCCO3)C1. The third kappa shape index (κ3) is 4.56. The summed E-state index contributed by atoms with van der Waals surface area (Å²) in [6.07, 6.45) is 0.179. The molecule has 2 heterocycles. The van der Waals surface area contributed by atoms with Crippen molar-refractivity contribution in [2.45, 2.75) is 6.42 Å². The number of rotatable bonds is 6. The average molecular weight is 417 g/mol. The van der Waals surface area contributed by atoms with Gasteiger partial charge in [0.15, 0.2) is 11.5 Å². The fourth-order valence-electron chi connectivity index (χ4n) is 3.35. The Morgan fingerprint density at radius 2 is 1.90 bits per heavy atom. The van der Waals surface area contributed by atoms with Gasteiger partial charge in [0.2, 0.25) is 11.8 Å². The van der Waals surface area contributed by atoms with Gasteiger partial charge in [-0.3, -0.25) is 9.59 Å². The molecule has 2 aromatic rings. The van der Waals surface area contributed by atoms with Crippen molar-refractivity contribution >= 4 is 29.1 Å². The molecule has 2 aromatic carbocycles. The quantitative estimate of drug-likeness (QED) is 0.732.